The minimum absolute atomic E-state index is 0.0276. The number of anilines is 1. The zero-order chi connectivity index (χ0) is 24.3. The Labute approximate surface area is 204 Å². The highest BCUT2D eigenvalue weighted by Crippen LogP contribution is 2.36. The van der Waals surface area contributed by atoms with Crippen LogP contribution in [-0.4, -0.2) is 36.6 Å². The van der Waals surface area contributed by atoms with Gasteiger partial charge in [-0.25, -0.2) is 17.8 Å². The highest BCUT2D eigenvalue weighted by atomic mass is 35.5. The number of aromatic nitrogens is 1. The Balaban J connectivity index is 1.45. The number of hydrogen-bond acceptors (Lipinski definition) is 7. The average molecular weight is 526 g/mol. The van der Waals surface area contributed by atoms with Gasteiger partial charge >= 0.3 is 5.97 Å². The van der Waals surface area contributed by atoms with E-state index < -0.39 is 32.2 Å². The van der Waals surface area contributed by atoms with Gasteiger partial charge in [-0.3, -0.25) is 9.52 Å². The normalized spacial score (nSPS) is 14.5. The third kappa shape index (κ3) is 5.49. The Bertz CT molecular complexity index is 1300. The van der Waals surface area contributed by atoms with Gasteiger partial charge in [0.2, 0.25) is 0 Å². The van der Waals surface area contributed by atoms with Crippen molar-refractivity contribution < 1.29 is 27.4 Å². The first-order valence-corrected chi connectivity index (χ1v) is 13.1. The molecule has 34 heavy (non-hydrogen) atoms. The van der Waals surface area contributed by atoms with E-state index in [1.165, 1.54) is 22.2 Å². The van der Waals surface area contributed by atoms with Gasteiger partial charge in [0.1, 0.15) is 27.8 Å². The third-order valence-corrected chi connectivity index (χ3v) is 7.64. The van der Waals surface area contributed by atoms with Crippen LogP contribution in [0.5, 0.6) is 11.5 Å². The zero-order valence-corrected chi connectivity index (χ0v) is 20.1. The molecule has 0 spiro atoms. The van der Waals surface area contributed by atoms with Gasteiger partial charge in [-0.2, -0.15) is 0 Å². The minimum Gasteiger partial charge on any atom is -0.480 e. The Kier molecular flexibility index (Phi) is 7.08. The summed E-state index contributed by atoms with van der Waals surface area (Å²) in [7, 11) is -4.23. The number of nitrogens with one attached hydrogen (secondary N) is 2. The molecule has 2 aromatic carbocycles. The fourth-order valence-electron chi connectivity index (χ4n) is 3.38. The molecule has 8 nitrogen and oxygen atoms in total. The summed E-state index contributed by atoms with van der Waals surface area (Å²) in [5.74, 6) is -1.35. The summed E-state index contributed by atoms with van der Waals surface area (Å²) in [6.07, 6.45) is 2.49. The van der Waals surface area contributed by atoms with Gasteiger partial charge in [0.15, 0.2) is 5.82 Å². The van der Waals surface area contributed by atoms with E-state index in [1.807, 2.05) is 12.1 Å². The minimum atomic E-state index is -4.23. The summed E-state index contributed by atoms with van der Waals surface area (Å²) in [6.45, 7) is 0.522. The van der Waals surface area contributed by atoms with Crippen molar-refractivity contribution in [1.82, 2.24) is 10.3 Å². The average Bonchev–Trinajstić information content (AvgIpc) is 3.42. The van der Waals surface area contributed by atoms with E-state index in [4.69, 9.17) is 16.3 Å². The number of aliphatic carboxylic acids is 1. The second-order valence-corrected chi connectivity index (χ2v) is 10.6. The van der Waals surface area contributed by atoms with Crippen LogP contribution in [0.3, 0.4) is 0 Å². The number of carbonyl (C=O) groups is 1. The van der Waals surface area contributed by atoms with E-state index >= 15 is 0 Å². The summed E-state index contributed by atoms with van der Waals surface area (Å²) in [4.78, 5) is 14.5. The Morgan fingerprint density at radius 1 is 1.26 bits per heavy atom. The number of ether oxygens (including phenoxy) is 1. The molecular weight excluding hydrogens is 505 g/mol. The molecular formula is C22H21ClFN3O5S2. The summed E-state index contributed by atoms with van der Waals surface area (Å²) in [5, 5.41) is 13.7. The molecule has 0 bridgehead atoms. The molecule has 1 fully saturated rings. The Hall–Kier alpha value is -2.73. The Morgan fingerprint density at radius 3 is 2.71 bits per heavy atom. The van der Waals surface area contributed by atoms with Crippen LogP contribution in [0.2, 0.25) is 5.02 Å². The Morgan fingerprint density at radius 2 is 2.03 bits per heavy atom. The molecule has 0 unspecified atom stereocenters. The van der Waals surface area contributed by atoms with Crippen LogP contribution in [0.1, 0.15) is 24.8 Å². The van der Waals surface area contributed by atoms with Crippen molar-refractivity contribution in [3.63, 3.8) is 0 Å². The van der Waals surface area contributed by atoms with E-state index in [0.29, 0.717) is 38.0 Å². The SMILES string of the molecule is O=C(O)C1(NCCCc2ccccc2Oc2cc(F)c(S(=O)(=O)Nc3cscn3)cc2Cl)CC1. The number of aryl methyl sites for hydroxylation is 1. The molecule has 1 heterocycles. The van der Waals surface area contributed by atoms with Crippen LogP contribution in [-0.2, 0) is 21.2 Å². The second-order valence-electron chi connectivity index (χ2n) is 7.82. The largest absolute Gasteiger partial charge is 0.480 e. The molecule has 0 amide bonds. The maximum atomic E-state index is 14.8. The van der Waals surface area contributed by atoms with Gasteiger partial charge in [-0.05, 0) is 49.9 Å². The molecule has 3 aromatic rings. The number of rotatable bonds is 11. The van der Waals surface area contributed by atoms with E-state index in [9.17, 15) is 22.7 Å². The van der Waals surface area contributed by atoms with Crippen molar-refractivity contribution in [2.24, 2.45) is 0 Å². The highest BCUT2D eigenvalue weighted by Gasteiger charge is 2.49. The number of benzene rings is 2. The molecule has 0 radical (unpaired) electrons. The molecule has 1 aromatic heterocycles. The first kappa shape index (κ1) is 24.4. The van der Waals surface area contributed by atoms with Gasteiger partial charge in [0.25, 0.3) is 10.0 Å². The molecule has 3 N–H and O–H groups in total. The van der Waals surface area contributed by atoms with Crippen molar-refractivity contribution in [2.45, 2.75) is 36.1 Å². The van der Waals surface area contributed by atoms with Gasteiger partial charge in [0.05, 0.1) is 10.5 Å². The number of hydrogen-bond donors (Lipinski definition) is 3. The number of carboxylic acids is 1. The molecule has 0 atom stereocenters. The number of para-hydroxylation sites is 1. The second kappa shape index (κ2) is 9.87. The molecule has 12 heteroatoms. The van der Waals surface area contributed by atoms with E-state index in [1.54, 1.807) is 12.1 Å². The van der Waals surface area contributed by atoms with Crippen molar-refractivity contribution in [3.05, 3.63) is 63.7 Å². The predicted octanol–water partition coefficient (Wildman–Crippen LogP) is 4.67. The lowest BCUT2D eigenvalue weighted by Gasteiger charge is -2.15. The molecule has 1 aliphatic carbocycles. The van der Waals surface area contributed by atoms with Crippen LogP contribution in [0.25, 0.3) is 0 Å². The summed E-state index contributed by atoms with van der Waals surface area (Å²) in [6, 6.07) is 9.05. The number of carboxylic acid groups (broad SMARTS) is 1. The van der Waals surface area contributed by atoms with Crippen LogP contribution in [0.4, 0.5) is 10.2 Å². The molecule has 4 rings (SSSR count). The van der Waals surface area contributed by atoms with Gasteiger partial charge in [-0.1, -0.05) is 29.8 Å². The van der Waals surface area contributed by atoms with Crippen molar-refractivity contribution in [1.29, 1.82) is 0 Å². The number of thiazole rings is 1. The maximum absolute atomic E-state index is 14.8. The summed E-state index contributed by atoms with van der Waals surface area (Å²) >= 11 is 7.43. The summed E-state index contributed by atoms with van der Waals surface area (Å²) in [5.41, 5.74) is 1.47. The van der Waals surface area contributed by atoms with Gasteiger partial charge < -0.3 is 15.2 Å². The van der Waals surface area contributed by atoms with Crippen molar-refractivity contribution in [2.75, 3.05) is 11.3 Å². The van der Waals surface area contributed by atoms with Crippen LogP contribution >= 0.6 is 22.9 Å². The monoisotopic (exact) mass is 525 g/mol. The maximum Gasteiger partial charge on any atom is 0.323 e. The van der Waals surface area contributed by atoms with Crippen LogP contribution in [0.15, 0.2) is 52.2 Å². The van der Waals surface area contributed by atoms with Crippen molar-refractivity contribution >= 4 is 44.7 Å². The predicted molar refractivity (Wildman–Crippen MR) is 127 cm³/mol. The van der Waals surface area contributed by atoms with E-state index in [2.05, 4.69) is 15.0 Å². The van der Waals surface area contributed by atoms with Gasteiger partial charge in [0, 0.05) is 11.4 Å². The number of halogens is 2. The lowest BCUT2D eigenvalue weighted by Crippen LogP contribution is -2.39. The van der Waals surface area contributed by atoms with Crippen LogP contribution < -0.4 is 14.8 Å². The molecule has 180 valence electrons. The highest BCUT2D eigenvalue weighted by molar-refractivity contribution is 7.92. The lowest BCUT2D eigenvalue weighted by molar-refractivity contribution is -0.140. The molecule has 1 saturated carbocycles. The first-order valence-electron chi connectivity index (χ1n) is 10.3. The number of sulfonamides is 1. The molecule has 0 saturated heterocycles. The molecule has 0 aliphatic heterocycles. The zero-order valence-electron chi connectivity index (χ0n) is 17.8. The third-order valence-electron chi connectivity index (χ3n) is 5.39. The smallest absolute Gasteiger partial charge is 0.323 e. The first-order chi connectivity index (χ1) is 16.2. The van der Waals surface area contributed by atoms with Crippen molar-refractivity contribution in [3.8, 4) is 11.5 Å². The topological polar surface area (TPSA) is 118 Å². The standard InChI is InChI=1S/C22H21ClFN3O5S2/c23-15-10-19(34(30,31)27-20-12-33-13-25-20)16(24)11-18(15)32-17-6-2-1-4-14(17)5-3-9-26-22(7-8-22)21(28)29/h1-2,4,6,10-13,26-27H,3,5,7-9H2,(H,28,29). The van der Waals surface area contributed by atoms with Gasteiger partial charge in [-0.15, -0.1) is 11.3 Å². The fraction of sp³-hybridized carbons (Fsp3) is 0.273. The number of nitrogens with zero attached hydrogens (tertiary/aromatic N) is 1. The lowest BCUT2D eigenvalue weighted by atomic mass is 10.1. The quantitative estimate of drug-likeness (QED) is 0.311. The van der Waals surface area contributed by atoms with E-state index in [-0.39, 0.29) is 16.6 Å². The fourth-order valence-corrected chi connectivity index (χ4v) is 5.29. The van der Waals surface area contributed by atoms with Crippen LogP contribution in [0, 0.1) is 5.82 Å². The van der Waals surface area contributed by atoms with E-state index in [0.717, 1.165) is 17.7 Å². The summed E-state index contributed by atoms with van der Waals surface area (Å²) < 4.78 is 47.9. The molecule has 1 aliphatic rings.